The molecule has 6 nitrogen and oxygen atoms in total. The monoisotopic (exact) mass is 501 g/mol. The lowest BCUT2D eigenvalue weighted by atomic mass is 10.0. The van der Waals surface area contributed by atoms with Gasteiger partial charge >= 0.3 is 0 Å². The number of rotatable bonds is 9. The summed E-state index contributed by atoms with van der Waals surface area (Å²) >= 11 is 6.00. The number of hydrogen-bond donors (Lipinski definition) is 1. The third-order valence-corrected chi connectivity index (χ3v) is 6.33. The largest absolute Gasteiger partial charge is 0.489 e. The van der Waals surface area contributed by atoms with Crippen molar-refractivity contribution in [3.8, 4) is 5.75 Å². The fraction of sp³-hybridized carbons (Fsp3) is 0.207. The second kappa shape index (κ2) is 11.2. The average molecular weight is 502 g/mol. The smallest absolute Gasteiger partial charge is 0.251 e. The number of carbonyl (C=O) groups is 2. The number of Topliss-reactive ketones (excluding diaryl/α,β-unsaturated/α-hetero) is 1. The Balaban J connectivity index is 1.41. The zero-order valence-corrected chi connectivity index (χ0v) is 21.3. The molecule has 0 fully saturated rings. The molecule has 36 heavy (non-hydrogen) atoms. The van der Waals surface area contributed by atoms with Gasteiger partial charge in [-0.15, -0.1) is 0 Å². The van der Waals surface area contributed by atoms with Crippen LogP contribution in [0.5, 0.6) is 5.75 Å². The summed E-state index contributed by atoms with van der Waals surface area (Å²) in [5.41, 5.74) is 5.88. The summed E-state index contributed by atoms with van der Waals surface area (Å²) in [7, 11) is 1.61. The Bertz CT molecular complexity index is 1390. The SMILES string of the molecule is CNC(=O)c1cccc(Cn2nc(C)c(CC(=O)c3ccc(COc4cccc(Cl)c4)cc3)c2C)c1. The highest BCUT2D eigenvalue weighted by atomic mass is 35.5. The van der Waals surface area contributed by atoms with Gasteiger partial charge in [0.15, 0.2) is 5.78 Å². The first-order chi connectivity index (χ1) is 17.3. The maximum atomic E-state index is 13.0. The number of aromatic nitrogens is 2. The Labute approximate surface area is 215 Å². The van der Waals surface area contributed by atoms with Gasteiger partial charge < -0.3 is 10.1 Å². The van der Waals surface area contributed by atoms with E-state index in [0.717, 1.165) is 28.1 Å². The summed E-state index contributed by atoms with van der Waals surface area (Å²) < 4.78 is 7.66. The molecular formula is C29H28ClN3O3. The van der Waals surface area contributed by atoms with E-state index in [9.17, 15) is 9.59 Å². The minimum absolute atomic E-state index is 0.0321. The van der Waals surface area contributed by atoms with Gasteiger partial charge in [0, 0.05) is 40.9 Å². The highest BCUT2D eigenvalue weighted by molar-refractivity contribution is 6.30. The number of halogens is 1. The van der Waals surface area contributed by atoms with E-state index in [-0.39, 0.29) is 18.1 Å². The number of hydrogen-bond acceptors (Lipinski definition) is 4. The summed E-state index contributed by atoms with van der Waals surface area (Å²) in [6.45, 7) is 4.80. The predicted octanol–water partition coefficient (Wildman–Crippen LogP) is 5.57. The van der Waals surface area contributed by atoms with Crippen LogP contribution in [0.15, 0.2) is 72.8 Å². The van der Waals surface area contributed by atoms with E-state index in [2.05, 4.69) is 10.4 Å². The molecule has 184 valence electrons. The first kappa shape index (κ1) is 25.2. The van der Waals surface area contributed by atoms with Gasteiger partial charge in [0.25, 0.3) is 5.91 Å². The zero-order valence-electron chi connectivity index (χ0n) is 20.5. The Hall–Kier alpha value is -3.90. The van der Waals surface area contributed by atoms with Gasteiger partial charge in [-0.2, -0.15) is 5.10 Å². The van der Waals surface area contributed by atoms with Crippen LogP contribution in [0, 0.1) is 13.8 Å². The number of ketones is 1. The van der Waals surface area contributed by atoms with Crippen molar-refractivity contribution in [3.05, 3.63) is 117 Å². The van der Waals surface area contributed by atoms with E-state index < -0.39 is 0 Å². The third kappa shape index (κ3) is 6.01. The fourth-order valence-corrected chi connectivity index (χ4v) is 4.23. The van der Waals surface area contributed by atoms with Crippen LogP contribution in [0.1, 0.15) is 48.8 Å². The molecule has 1 N–H and O–H groups in total. The van der Waals surface area contributed by atoms with Gasteiger partial charge in [0.1, 0.15) is 12.4 Å². The van der Waals surface area contributed by atoms with Crippen LogP contribution < -0.4 is 10.1 Å². The lowest BCUT2D eigenvalue weighted by molar-refractivity contribution is 0.0961. The average Bonchev–Trinajstić information content (AvgIpc) is 3.14. The van der Waals surface area contributed by atoms with Gasteiger partial charge in [-0.05, 0) is 55.3 Å². The number of nitrogens with zero attached hydrogens (tertiary/aromatic N) is 2. The number of benzene rings is 3. The summed E-state index contributed by atoms with van der Waals surface area (Å²) in [4.78, 5) is 25.0. The molecule has 0 unspecified atom stereocenters. The van der Waals surface area contributed by atoms with Gasteiger partial charge in [-0.3, -0.25) is 14.3 Å². The number of ether oxygens (including phenoxy) is 1. The Morgan fingerprint density at radius 3 is 2.42 bits per heavy atom. The molecule has 1 amide bonds. The fourth-order valence-electron chi connectivity index (χ4n) is 4.04. The third-order valence-electron chi connectivity index (χ3n) is 6.09. The lowest BCUT2D eigenvalue weighted by Crippen LogP contribution is -2.18. The Kier molecular flexibility index (Phi) is 7.86. The molecule has 4 rings (SSSR count). The van der Waals surface area contributed by atoms with E-state index in [1.54, 1.807) is 25.2 Å². The highest BCUT2D eigenvalue weighted by Gasteiger charge is 2.17. The summed E-state index contributed by atoms with van der Waals surface area (Å²) in [6.07, 6.45) is 0.272. The highest BCUT2D eigenvalue weighted by Crippen LogP contribution is 2.20. The molecule has 0 saturated carbocycles. The van der Waals surface area contributed by atoms with E-state index in [1.807, 2.05) is 73.1 Å². The van der Waals surface area contributed by atoms with Crippen molar-refractivity contribution < 1.29 is 14.3 Å². The summed E-state index contributed by atoms with van der Waals surface area (Å²) in [5.74, 6) is 0.606. The van der Waals surface area contributed by atoms with Crippen LogP contribution in [0.25, 0.3) is 0 Å². The van der Waals surface area contributed by atoms with Gasteiger partial charge in [-0.1, -0.05) is 54.1 Å². The topological polar surface area (TPSA) is 73.2 Å². The van der Waals surface area contributed by atoms with Crippen molar-refractivity contribution in [1.82, 2.24) is 15.1 Å². The molecule has 0 radical (unpaired) electrons. The van der Waals surface area contributed by atoms with Crippen molar-refractivity contribution in [3.63, 3.8) is 0 Å². The van der Waals surface area contributed by atoms with Gasteiger partial charge in [-0.25, -0.2) is 0 Å². The summed E-state index contributed by atoms with van der Waals surface area (Å²) in [6, 6.07) is 22.2. The van der Waals surface area contributed by atoms with Crippen LogP contribution >= 0.6 is 11.6 Å². The standard InChI is InChI=1S/C29H28ClN3O3/c1-19-27(20(2)33(32-19)17-22-6-4-7-24(14-22)29(35)31-3)16-28(34)23-12-10-21(11-13-23)18-36-26-9-5-8-25(30)15-26/h4-15H,16-18H2,1-3H3,(H,31,35). The van der Waals surface area contributed by atoms with Crippen molar-refractivity contribution in [2.24, 2.45) is 0 Å². The molecule has 0 saturated heterocycles. The number of nitrogens with one attached hydrogen (secondary N) is 1. The van der Waals surface area contributed by atoms with Crippen LogP contribution in [0.3, 0.4) is 0 Å². The molecule has 0 bridgehead atoms. The van der Waals surface area contributed by atoms with E-state index in [1.165, 1.54) is 0 Å². The molecule has 1 heterocycles. The Morgan fingerprint density at radius 1 is 0.944 bits per heavy atom. The molecule has 1 aromatic heterocycles. The van der Waals surface area contributed by atoms with Crippen LogP contribution in [0.2, 0.25) is 5.02 Å². The summed E-state index contributed by atoms with van der Waals surface area (Å²) in [5, 5.41) is 7.93. The van der Waals surface area contributed by atoms with Gasteiger partial charge in [0.05, 0.1) is 12.2 Å². The maximum Gasteiger partial charge on any atom is 0.251 e. The van der Waals surface area contributed by atoms with Crippen molar-refractivity contribution in [2.75, 3.05) is 7.05 Å². The molecular weight excluding hydrogens is 474 g/mol. The molecule has 3 aromatic carbocycles. The molecule has 0 aliphatic heterocycles. The molecule has 0 aliphatic rings. The Morgan fingerprint density at radius 2 is 1.69 bits per heavy atom. The van der Waals surface area contributed by atoms with E-state index >= 15 is 0 Å². The first-order valence-corrected chi connectivity index (χ1v) is 12.1. The van der Waals surface area contributed by atoms with Crippen LogP contribution in [-0.2, 0) is 19.6 Å². The van der Waals surface area contributed by atoms with Crippen molar-refractivity contribution >= 4 is 23.3 Å². The van der Waals surface area contributed by atoms with E-state index in [0.29, 0.717) is 35.1 Å². The van der Waals surface area contributed by atoms with Crippen LogP contribution in [-0.4, -0.2) is 28.5 Å². The molecule has 0 aliphatic carbocycles. The van der Waals surface area contributed by atoms with Gasteiger partial charge in [0.2, 0.25) is 0 Å². The van der Waals surface area contributed by atoms with Crippen molar-refractivity contribution in [2.45, 2.75) is 33.4 Å². The predicted molar refractivity (Wildman–Crippen MR) is 141 cm³/mol. The normalized spacial score (nSPS) is 10.8. The minimum atomic E-state index is -0.126. The molecule has 7 heteroatoms. The minimum Gasteiger partial charge on any atom is -0.489 e. The lowest BCUT2D eigenvalue weighted by Gasteiger charge is -2.08. The molecule has 4 aromatic rings. The van der Waals surface area contributed by atoms with E-state index in [4.69, 9.17) is 16.3 Å². The second-order valence-corrected chi connectivity index (χ2v) is 9.07. The molecule has 0 atom stereocenters. The number of amides is 1. The number of carbonyl (C=O) groups excluding carboxylic acids is 2. The van der Waals surface area contributed by atoms with Crippen molar-refractivity contribution in [1.29, 1.82) is 0 Å². The first-order valence-electron chi connectivity index (χ1n) is 11.7. The quantitative estimate of drug-likeness (QED) is 0.304. The maximum absolute atomic E-state index is 13.0. The zero-order chi connectivity index (χ0) is 25.7. The number of aryl methyl sites for hydroxylation is 1. The second-order valence-electron chi connectivity index (χ2n) is 8.63. The van der Waals surface area contributed by atoms with Crippen LogP contribution in [0.4, 0.5) is 0 Å². The molecule has 0 spiro atoms.